The van der Waals surface area contributed by atoms with Crippen LogP contribution >= 0.6 is 0 Å². The van der Waals surface area contributed by atoms with Crippen molar-refractivity contribution in [2.75, 3.05) is 24.5 Å². The van der Waals surface area contributed by atoms with Crippen LogP contribution in [0.1, 0.15) is 18.2 Å². The summed E-state index contributed by atoms with van der Waals surface area (Å²) >= 11 is 0. The lowest BCUT2D eigenvalue weighted by molar-refractivity contribution is -0.136. The molecule has 0 amide bonds. The van der Waals surface area contributed by atoms with E-state index in [1.807, 2.05) is 6.07 Å². The molecule has 0 bridgehead atoms. The number of hydrogen-bond donors (Lipinski definition) is 1. The summed E-state index contributed by atoms with van der Waals surface area (Å²) in [6.45, 7) is 6.21. The number of aryl methyl sites for hydroxylation is 1. The molecule has 0 spiro atoms. The summed E-state index contributed by atoms with van der Waals surface area (Å²) in [5.74, 6) is 0. The number of halogens is 3. The molecule has 0 aliphatic carbocycles. The zero-order chi connectivity index (χ0) is 22.6. The number of fused-ring (bicyclic) bond motifs is 2. The van der Waals surface area contributed by atoms with Gasteiger partial charge in [-0.25, -0.2) is 9.97 Å². The van der Waals surface area contributed by atoms with E-state index < -0.39 is 11.7 Å². The predicted molar refractivity (Wildman–Crippen MR) is 115 cm³/mol. The molecule has 1 fully saturated rings. The minimum absolute atomic E-state index is 0.175. The number of pyridine rings is 2. The lowest BCUT2D eigenvalue weighted by Crippen LogP contribution is -2.49. The minimum atomic E-state index is -4.59. The van der Waals surface area contributed by atoms with Gasteiger partial charge in [0.15, 0.2) is 0 Å². The van der Waals surface area contributed by atoms with Crippen molar-refractivity contribution in [1.29, 1.82) is 0 Å². The summed E-state index contributed by atoms with van der Waals surface area (Å²) in [7, 11) is 0. The molecule has 1 saturated heterocycles. The van der Waals surface area contributed by atoms with Crippen molar-refractivity contribution in [1.82, 2.24) is 24.1 Å². The second-order valence-electron chi connectivity index (χ2n) is 8.15. The number of anilines is 1. The van der Waals surface area contributed by atoms with Crippen LogP contribution in [0.15, 0.2) is 47.7 Å². The predicted octanol–water partition coefficient (Wildman–Crippen LogP) is 3.13. The van der Waals surface area contributed by atoms with E-state index in [9.17, 15) is 18.0 Å². The van der Waals surface area contributed by atoms with Crippen molar-refractivity contribution in [2.45, 2.75) is 26.1 Å². The smallest absolute Gasteiger partial charge is 0.368 e. The van der Waals surface area contributed by atoms with Gasteiger partial charge in [-0.15, -0.1) is 0 Å². The molecule has 1 N–H and O–H groups in total. The maximum Gasteiger partial charge on any atom is 0.420 e. The van der Waals surface area contributed by atoms with Gasteiger partial charge >= 0.3 is 6.18 Å². The summed E-state index contributed by atoms with van der Waals surface area (Å²) in [6, 6.07) is 6.20. The highest BCUT2D eigenvalue weighted by Crippen LogP contribution is 2.35. The molecule has 4 aromatic heterocycles. The molecule has 0 saturated carbocycles. The fourth-order valence-electron chi connectivity index (χ4n) is 4.16. The Hall–Kier alpha value is -3.40. The van der Waals surface area contributed by atoms with Crippen molar-refractivity contribution in [3.05, 3.63) is 64.5 Å². The maximum absolute atomic E-state index is 13.7. The van der Waals surface area contributed by atoms with Gasteiger partial charge in [-0.2, -0.15) is 13.2 Å². The molecule has 1 aliphatic heterocycles. The van der Waals surface area contributed by atoms with Crippen LogP contribution in [-0.4, -0.2) is 44.4 Å². The summed E-state index contributed by atoms with van der Waals surface area (Å²) in [5, 5.41) is 3.38. The van der Waals surface area contributed by atoms with Crippen LogP contribution in [0.5, 0.6) is 0 Å². The number of hydrogen-bond acceptors (Lipinski definition) is 5. The molecule has 5 rings (SSSR count). The van der Waals surface area contributed by atoms with E-state index in [0.717, 1.165) is 31.4 Å². The SMILES string of the molecule is Cc1cn2cc(-c3cc(=O)n4cc(N5CCN[C@@H](C)C5)ccc4n3)cc(C(F)(F)F)c2n1. The standard InChI is InChI=1S/C22H21F3N6O/c1-13-9-29(6-5-26-13)16-3-4-19-28-18(8-20(32)31(19)12-16)15-7-17(22(23,24)25)21-27-14(2)10-30(21)11-15/h3-4,7-8,10-13,26H,5-6,9H2,1-2H3/t13-/m0/s1. The van der Waals surface area contributed by atoms with Crippen molar-refractivity contribution in [3.8, 4) is 11.3 Å². The highest BCUT2D eigenvalue weighted by molar-refractivity contribution is 5.67. The van der Waals surface area contributed by atoms with E-state index in [1.54, 1.807) is 19.2 Å². The van der Waals surface area contributed by atoms with Gasteiger partial charge in [-0.05, 0) is 32.0 Å². The monoisotopic (exact) mass is 442 g/mol. The number of nitrogens with zero attached hydrogens (tertiary/aromatic N) is 5. The number of rotatable bonds is 2. The van der Waals surface area contributed by atoms with Gasteiger partial charge in [0.25, 0.3) is 5.56 Å². The van der Waals surface area contributed by atoms with Crippen molar-refractivity contribution >= 4 is 17.0 Å². The van der Waals surface area contributed by atoms with Crippen LogP contribution in [0.4, 0.5) is 18.9 Å². The van der Waals surface area contributed by atoms with Crippen molar-refractivity contribution in [3.63, 3.8) is 0 Å². The number of nitrogens with one attached hydrogen (secondary N) is 1. The summed E-state index contributed by atoms with van der Waals surface area (Å²) in [5.41, 5.74) is 0.713. The second-order valence-corrected chi connectivity index (χ2v) is 8.15. The summed E-state index contributed by atoms with van der Waals surface area (Å²) in [6.07, 6.45) is 0.175. The average molecular weight is 442 g/mol. The topological polar surface area (TPSA) is 66.9 Å². The van der Waals surface area contributed by atoms with Crippen molar-refractivity contribution < 1.29 is 13.2 Å². The van der Waals surface area contributed by atoms with Crippen LogP contribution in [-0.2, 0) is 6.18 Å². The van der Waals surface area contributed by atoms with E-state index in [2.05, 4.69) is 27.1 Å². The van der Waals surface area contributed by atoms with Gasteiger partial charge in [0, 0.05) is 55.9 Å². The number of alkyl halides is 3. The van der Waals surface area contributed by atoms with E-state index in [1.165, 1.54) is 27.3 Å². The first-order valence-electron chi connectivity index (χ1n) is 10.3. The third kappa shape index (κ3) is 3.60. The maximum atomic E-state index is 13.7. The third-order valence-corrected chi connectivity index (χ3v) is 5.65. The molecular weight excluding hydrogens is 421 g/mol. The number of aromatic nitrogens is 4. The average Bonchev–Trinajstić information content (AvgIpc) is 3.12. The number of piperazine rings is 1. The first kappa shape index (κ1) is 20.5. The quantitative estimate of drug-likeness (QED) is 0.517. The van der Waals surface area contributed by atoms with Crippen LogP contribution in [0.3, 0.4) is 0 Å². The first-order valence-corrected chi connectivity index (χ1v) is 10.3. The van der Waals surface area contributed by atoms with Gasteiger partial charge in [0.2, 0.25) is 0 Å². The largest absolute Gasteiger partial charge is 0.420 e. The van der Waals surface area contributed by atoms with Gasteiger partial charge in [-0.1, -0.05) is 0 Å². The Morgan fingerprint density at radius 3 is 2.69 bits per heavy atom. The highest BCUT2D eigenvalue weighted by Gasteiger charge is 2.34. The molecule has 0 radical (unpaired) electrons. The summed E-state index contributed by atoms with van der Waals surface area (Å²) in [4.78, 5) is 23.5. The highest BCUT2D eigenvalue weighted by atomic mass is 19.4. The third-order valence-electron chi connectivity index (χ3n) is 5.65. The van der Waals surface area contributed by atoms with Gasteiger partial charge < -0.3 is 14.6 Å². The lowest BCUT2D eigenvalue weighted by Gasteiger charge is -2.33. The molecule has 32 heavy (non-hydrogen) atoms. The molecule has 0 unspecified atom stereocenters. The molecular formula is C22H21F3N6O. The molecule has 1 atom stereocenters. The van der Waals surface area contributed by atoms with E-state index in [4.69, 9.17) is 0 Å². The normalized spacial score (nSPS) is 17.4. The van der Waals surface area contributed by atoms with Gasteiger partial charge in [0.1, 0.15) is 11.3 Å². The Balaban J connectivity index is 1.62. The molecule has 1 aliphatic rings. The minimum Gasteiger partial charge on any atom is -0.368 e. The molecule has 0 aromatic carbocycles. The van der Waals surface area contributed by atoms with Crippen LogP contribution in [0.25, 0.3) is 22.6 Å². The van der Waals surface area contributed by atoms with E-state index in [0.29, 0.717) is 17.4 Å². The Labute approximate surface area is 181 Å². The van der Waals surface area contributed by atoms with Crippen molar-refractivity contribution in [2.24, 2.45) is 0 Å². The van der Waals surface area contributed by atoms with E-state index >= 15 is 0 Å². The van der Waals surface area contributed by atoms with Crippen LogP contribution < -0.4 is 15.8 Å². The zero-order valence-corrected chi connectivity index (χ0v) is 17.5. The fourth-order valence-corrected chi connectivity index (χ4v) is 4.16. The zero-order valence-electron chi connectivity index (χ0n) is 17.5. The molecule has 5 heterocycles. The summed E-state index contributed by atoms with van der Waals surface area (Å²) < 4.78 is 43.7. The molecule has 10 heteroatoms. The molecule has 4 aromatic rings. The van der Waals surface area contributed by atoms with E-state index in [-0.39, 0.29) is 22.5 Å². The lowest BCUT2D eigenvalue weighted by atomic mass is 10.1. The molecule has 166 valence electrons. The Morgan fingerprint density at radius 1 is 1.12 bits per heavy atom. The Bertz CT molecular complexity index is 1390. The van der Waals surface area contributed by atoms with Gasteiger partial charge in [-0.3, -0.25) is 9.20 Å². The Kier molecular flexibility index (Phi) is 4.70. The Morgan fingerprint density at radius 2 is 1.94 bits per heavy atom. The first-order chi connectivity index (χ1) is 15.2. The van der Waals surface area contributed by atoms with Crippen LogP contribution in [0.2, 0.25) is 0 Å². The fraction of sp³-hybridized carbons (Fsp3) is 0.318. The second kappa shape index (κ2) is 7.33. The molecule has 7 nitrogen and oxygen atoms in total. The number of imidazole rings is 1. The van der Waals surface area contributed by atoms with Crippen LogP contribution in [0, 0.1) is 6.92 Å². The van der Waals surface area contributed by atoms with Gasteiger partial charge in [0.05, 0.1) is 22.6 Å².